The molecule has 2 atom stereocenters. The summed E-state index contributed by atoms with van der Waals surface area (Å²) >= 11 is 0. The van der Waals surface area contributed by atoms with E-state index in [1.165, 1.54) is 11.8 Å². The fourth-order valence-electron chi connectivity index (χ4n) is 3.61. The van der Waals surface area contributed by atoms with Crippen LogP contribution in [-0.4, -0.2) is 46.9 Å². The largest absolute Gasteiger partial charge is 0.373 e. The monoisotopic (exact) mass is 429 g/mol. The second-order valence-electron chi connectivity index (χ2n) is 7.56. The first-order valence-electron chi connectivity index (χ1n) is 10.4. The van der Waals surface area contributed by atoms with E-state index in [4.69, 9.17) is 9.73 Å². The molecule has 2 aromatic rings. The van der Waals surface area contributed by atoms with E-state index < -0.39 is 9.84 Å². The van der Waals surface area contributed by atoms with Crippen molar-refractivity contribution in [2.24, 2.45) is 10.9 Å². The van der Waals surface area contributed by atoms with Crippen LogP contribution in [0.3, 0.4) is 0 Å². The molecule has 1 saturated heterocycles. The molecule has 2 aromatic carbocycles. The van der Waals surface area contributed by atoms with E-state index in [1.807, 2.05) is 37.3 Å². The molecule has 0 spiro atoms. The summed E-state index contributed by atoms with van der Waals surface area (Å²) in [5, 5.41) is 6.67. The van der Waals surface area contributed by atoms with Crippen molar-refractivity contribution in [1.82, 2.24) is 10.6 Å². The highest BCUT2D eigenvalue weighted by molar-refractivity contribution is 7.90. The zero-order valence-corrected chi connectivity index (χ0v) is 18.5. The Kier molecular flexibility index (Phi) is 7.87. The summed E-state index contributed by atoms with van der Waals surface area (Å²) in [4.78, 5) is 5.13. The number of hydrogen-bond acceptors (Lipinski definition) is 4. The van der Waals surface area contributed by atoms with Crippen molar-refractivity contribution in [3.63, 3.8) is 0 Å². The van der Waals surface area contributed by atoms with Crippen LogP contribution in [0.4, 0.5) is 0 Å². The van der Waals surface area contributed by atoms with Crippen molar-refractivity contribution < 1.29 is 13.2 Å². The lowest BCUT2D eigenvalue weighted by atomic mass is 9.95. The Morgan fingerprint density at radius 3 is 2.50 bits per heavy atom. The molecule has 1 heterocycles. The number of nitrogens with zero attached hydrogens (tertiary/aromatic N) is 1. The lowest BCUT2D eigenvalue weighted by Gasteiger charge is -2.18. The summed E-state index contributed by atoms with van der Waals surface area (Å²) in [6.07, 6.45) is 3.12. The van der Waals surface area contributed by atoms with Crippen LogP contribution in [-0.2, 0) is 21.0 Å². The highest BCUT2D eigenvalue weighted by Gasteiger charge is 2.29. The van der Waals surface area contributed by atoms with Gasteiger partial charge in [0, 0.05) is 38.4 Å². The molecule has 2 unspecified atom stereocenters. The Labute approximate surface area is 179 Å². The van der Waals surface area contributed by atoms with Crippen LogP contribution in [0.15, 0.2) is 64.5 Å². The average molecular weight is 430 g/mol. The molecule has 0 radical (unpaired) electrons. The fourth-order valence-corrected chi connectivity index (χ4v) is 4.24. The summed E-state index contributed by atoms with van der Waals surface area (Å²) in [6.45, 7) is 5.03. The lowest BCUT2D eigenvalue weighted by molar-refractivity contribution is 0.0925. The normalized spacial score (nSPS) is 19.6. The highest BCUT2D eigenvalue weighted by Crippen LogP contribution is 2.34. The smallest absolute Gasteiger partial charge is 0.191 e. The van der Waals surface area contributed by atoms with Gasteiger partial charge in [0.2, 0.25) is 0 Å². The van der Waals surface area contributed by atoms with Gasteiger partial charge < -0.3 is 15.4 Å². The third-order valence-electron chi connectivity index (χ3n) is 5.23. The van der Waals surface area contributed by atoms with Crippen LogP contribution < -0.4 is 10.6 Å². The van der Waals surface area contributed by atoms with E-state index >= 15 is 0 Å². The van der Waals surface area contributed by atoms with Crippen LogP contribution in [0.1, 0.15) is 30.6 Å². The minimum atomic E-state index is -3.16. The predicted molar refractivity (Wildman–Crippen MR) is 120 cm³/mol. The summed E-state index contributed by atoms with van der Waals surface area (Å²) in [5.41, 5.74) is 2.30. The zero-order chi connectivity index (χ0) is 21.4. The van der Waals surface area contributed by atoms with Gasteiger partial charge in [0.1, 0.15) is 0 Å². The summed E-state index contributed by atoms with van der Waals surface area (Å²) in [7, 11) is -3.16. The standard InChI is InChI=1S/C23H31N3O3S/c1-3-24-23(25-15-13-18-9-11-21(12-10-18)30(2,27)28)26-17-20-14-16-29-22(20)19-7-5-4-6-8-19/h4-12,20,22H,3,13-17H2,1-2H3,(H2,24,25,26). The Morgan fingerprint density at radius 2 is 1.83 bits per heavy atom. The number of rotatable bonds is 8. The van der Waals surface area contributed by atoms with Crippen molar-refractivity contribution in [2.75, 3.05) is 32.5 Å². The number of benzene rings is 2. The number of aliphatic imine (C=N–C) groups is 1. The summed E-state index contributed by atoms with van der Waals surface area (Å²) in [6, 6.07) is 17.4. The Balaban J connectivity index is 1.54. The molecule has 2 N–H and O–H groups in total. The van der Waals surface area contributed by atoms with Crippen LogP contribution in [0.5, 0.6) is 0 Å². The summed E-state index contributed by atoms with van der Waals surface area (Å²) in [5.74, 6) is 1.16. The van der Waals surface area contributed by atoms with Gasteiger partial charge in [0.15, 0.2) is 15.8 Å². The molecular formula is C23H31N3O3S. The number of ether oxygens (including phenoxy) is 1. The maximum atomic E-state index is 11.6. The molecule has 6 nitrogen and oxygen atoms in total. The minimum absolute atomic E-state index is 0.103. The van der Waals surface area contributed by atoms with Crippen molar-refractivity contribution in [2.45, 2.75) is 30.8 Å². The van der Waals surface area contributed by atoms with Crippen molar-refractivity contribution >= 4 is 15.8 Å². The molecule has 0 bridgehead atoms. The van der Waals surface area contributed by atoms with E-state index in [9.17, 15) is 8.42 Å². The molecule has 0 amide bonds. The predicted octanol–water partition coefficient (Wildman–Crippen LogP) is 2.97. The SMILES string of the molecule is CCNC(=NCC1CCOC1c1ccccc1)NCCc1ccc(S(C)(=O)=O)cc1. The Morgan fingerprint density at radius 1 is 1.10 bits per heavy atom. The number of nitrogens with one attached hydrogen (secondary N) is 2. The number of guanidine groups is 1. The molecule has 0 aromatic heterocycles. The van der Waals surface area contributed by atoms with Crippen LogP contribution >= 0.6 is 0 Å². The van der Waals surface area contributed by atoms with E-state index in [-0.39, 0.29) is 6.10 Å². The lowest BCUT2D eigenvalue weighted by Crippen LogP contribution is -2.38. The molecule has 30 heavy (non-hydrogen) atoms. The quantitative estimate of drug-likeness (QED) is 0.498. The van der Waals surface area contributed by atoms with Gasteiger partial charge in [-0.2, -0.15) is 0 Å². The molecule has 3 rings (SSSR count). The third-order valence-corrected chi connectivity index (χ3v) is 6.36. The van der Waals surface area contributed by atoms with Gasteiger partial charge in [-0.1, -0.05) is 42.5 Å². The first-order valence-corrected chi connectivity index (χ1v) is 12.3. The number of sulfone groups is 1. The Hall–Kier alpha value is -2.38. The van der Waals surface area contributed by atoms with Gasteiger partial charge in [0.25, 0.3) is 0 Å². The van der Waals surface area contributed by atoms with Crippen LogP contribution in [0.25, 0.3) is 0 Å². The highest BCUT2D eigenvalue weighted by atomic mass is 32.2. The van der Waals surface area contributed by atoms with Crippen LogP contribution in [0.2, 0.25) is 0 Å². The first kappa shape index (κ1) is 22.3. The fraction of sp³-hybridized carbons (Fsp3) is 0.435. The minimum Gasteiger partial charge on any atom is -0.373 e. The van der Waals surface area contributed by atoms with Crippen LogP contribution in [0, 0.1) is 5.92 Å². The van der Waals surface area contributed by atoms with Crippen molar-refractivity contribution in [3.05, 3.63) is 65.7 Å². The average Bonchev–Trinajstić information content (AvgIpc) is 3.21. The maximum Gasteiger partial charge on any atom is 0.191 e. The van der Waals surface area contributed by atoms with Crippen molar-refractivity contribution in [3.8, 4) is 0 Å². The van der Waals surface area contributed by atoms with Gasteiger partial charge in [-0.25, -0.2) is 8.42 Å². The number of hydrogen-bond donors (Lipinski definition) is 2. The molecule has 0 aliphatic carbocycles. The van der Waals surface area contributed by atoms with Gasteiger partial charge >= 0.3 is 0 Å². The van der Waals surface area contributed by atoms with Gasteiger partial charge in [0.05, 0.1) is 11.0 Å². The molecule has 1 aliphatic heterocycles. The van der Waals surface area contributed by atoms with Gasteiger partial charge in [-0.05, 0) is 43.0 Å². The molecule has 7 heteroatoms. The maximum absolute atomic E-state index is 11.6. The second kappa shape index (κ2) is 10.6. The third kappa shape index (κ3) is 6.31. The van der Waals surface area contributed by atoms with E-state index in [0.717, 1.165) is 37.5 Å². The topological polar surface area (TPSA) is 79.8 Å². The first-order chi connectivity index (χ1) is 14.5. The van der Waals surface area contributed by atoms with E-state index in [2.05, 4.69) is 22.8 Å². The Bertz CT molecular complexity index is 928. The molecule has 1 aliphatic rings. The van der Waals surface area contributed by atoms with Crippen molar-refractivity contribution in [1.29, 1.82) is 0 Å². The molecule has 162 valence electrons. The summed E-state index contributed by atoms with van der Waals surface area (Å²) < 4.78 is 29.1. The molecule has 1 fully saturated rings. The molecular weight excluding hydrogens is 398 g/mol. The van der Waals surface area contributed by atoms with Gasteiger partial charge in [-0.3, -0.25) is 4.99 Å². The van der Waals surface area contributed by atoms with E-state index in [0.29, 0.717) is 23.9 Å². The zero-order valence-electron chi connectivity index (χ0n) is 17.7. The second-order valence-corrected chi connectivity index (χ2v) is 9.58. The van der Waals surface area contributed by atoms with Gasteiger partial charge in [-0.15, -0.1) is 0 Å². The molecule has 0 saturated carbocycles. The van der Waals surface area contributed by atoms with E-state index in [1.54, 1.807) is 12.1 Å².